The van der Waals surface area contributed by atoms with Crippen molar-refractivity contribution < 1.29 is 23.5 Å². The molecular weight excluding hydrogens is 303 g/mol. The Morgan fingerprint density at radius 1 is 1.05 bits per heavy atom. The number of nitrogens with zero attached hydrogens (tertiary/aromatic N) is 2. The Morgan fingerprint density at radius 2 is 1.48 bits per heavy atom. The topological polar surface area (TPSA) is 122 Å². The third kappa shape index (κ3) is 4.32. The molecule has 0 fully saturated rings. The molecule has 10 heteroatoms. The molecule has 0 radical (unpaired) electrons. The number of nitro groups is 2. The standard InChI is InChI=1S/C11H15N2O7P/c1-3-19-21(18,20-4-2)8-9-10(12(14)15)6-5-7-11(9)13(16)17/h5-7H,3-4,8H2,1-2H3. The first-order valence-corrected chi connectivity index (χ1v) is 7.86. The maximum Gasteiger partial charge on any atom is 0.335 e. The van der Waals surface area contributed by atoms with E-state index in [1.165, 1.54) is 6.07 Å². The molecule has 0 aromatic heterocycles. The molecule has 0 saturated carbocycles. The van der Waals surface area contributed by atoms with Crippen LogP contribution in [0, 0.1) is 20.2 Å². The van der Waals surface area contributed by atoms with Gasteiger partial charge in [-0.3, -0.25) is 24.8 Å². The van der Waals surface area contributed by atoms with E-state index in [2.05, 4.69) is 0 Å². The van der Waals surface area contributed by atoms with Crippen LogP contribution in [-0.4, -0.2) is 23.1 Å². The highest BCUT2D eigenvalue weighted by atomic mass is 31.2. The predicted octanol–water partition coefficient (Wildman–Crippen LogP) is 3.27. The van der Waals surface area contributed by atoms with E-state index in [0.717, 1.165) is 12.1 Å². The van der Waals surface area contributed by atoms with Gasteiger partial charge in [0.2, 0.25) is 0 Å². The van der Waals surface area contributed by atoms with E-state index < -0.39 is 35.0 Å². The van der Waals surface area contributed by atoms with Crippen molar-refractivity contribution in [1.29, 1.82) is 0 Å². The van der Waals surface area contributed by atoms with Crippen molar-refractivity contribution in [1.82, 2.24) is 0 Å². The molecule has 0 spiro atoms. The lowest BCUT2D eigenvalue weighted by Gasteiger charge is -2.16. The van der Waals surface area contributed by atoms with Crippen LogP contribution in [-0.2, 0) is 19.8 Å². The lowest BCUT2D eigenvalue weighted by molar-refractivity contribution is -0.395. The molecule has 0 saturated heterocycles. The minimum Gasteiger partial charge on any atom is -0.309 e. The molecule has 9 nitrogen and oxygen atoms in total. The maximum atomic E-state index is 12.4. The summed E-state index contributed by atoms with van der Waals surface area (Å²) in [5.41, 5.74) is -1.23. The van der Waals surface area contributed by atoms with Crippen LogP contribution >= 0.6 is 7.60 Å². The van der Waals surface area contributed by atoms with Crippen molar-refractivity contribution in [2.24, 2.45) is 0 Å². The summed E-state index contributed by atoms with van der Waals surface area (Å²) < 4.78 is 22.5. The van der Waals surface area contributed by atoms with Gasteiger partial charge in [0.1, 0.15) is 5.56 Å². The van der Waals surface area contributed by atoms with Gasteiger partial charge in [0.15, 0.2) is 0 Å². The van der Waals surface area contributed by atoms with E-state index in [4.69, 9.17) is 9.05 Å². The molecule has 1 rings (SSSR count). The summed E-state index contributed by atoms with van der Waals surface area (Å²) >= 11 is 0. The van der Waals surface area contributed by atoms with Crippen molar-refractivity contribution in [3.05, 3.63) is 44.0 Å². The van der Waals surface area contributed by atoms with Crippen LogP contribution in [0.5, 0.6) is 0 Å². The number of benzene rings is 1. The predicted molar refractivity (Wildman–Crippen MR) is 74.3 cm³/mol. The highest BCUT2D eigenvalue weighted by molar-refractivity contribution is 7.53. The number of hydrogen-bond acceptors (Lipinski definition) is 7. The molecule has 0 heterocycles. The van der Waals surface area contributed by atoms with Crippen LogP contribution < -0.4 is 0 Å². The molecule has 0 aliphatic heterocycles. The van der Waals surface area contributed by atoms with E-state index in [0.29, 0.717) is 0 Å². The monoisotopic (exact) mass is 318 g/mol. The normalized spacial score (nSPS) is 11.3. The van der Waals surface area contributed by atoms with Crippen molar-refractivity contribution in [3.63, 3.8) is 0 Å². The molecule has 0 amide bonds. The molecule has 0 bridgehead atoms. The number of hydrogen-bond donors (Lipinski definition) is 0. The second-order valence-electron chi connectivity index (χ2n) is 3.89. The van der Waals surface area contributed by atoms with Gasteiger partial charge in [-0.25, -0.2) is 0 Å². The van der Waals surface area contributed by atoms with E-state index in [9.17, 15) is 24.8 Å². The first kappa shape index (κ1) is 17.2. The molecule has 1 aromatic carbocycles. The fraction of sp³-hybridized carbons (Fsp3) is 0.455. The second kappa shape index (κ2) is 7.26. The highest BCUT2D eigenvalue weighted by Crippen LogP contribution is 2.53. The van der Waals surface area contributed by atoms with Crippen molar-refractivity contribution >= 4 is 19.0 Å². The summed E-state index contributed by atoms with van der Waals surface area (Å²) in [7, 11) is -3.68. The van der Waals surface area contributed by atoms with Crippen LogP contribution in [0.1, 0.15) is 19.4 Å². The summed E-state index contributed by atoms with van der Waals surface area (Å²) in [4.78, 5) is 20.5. The van der Waals surface area contributed by atoms with E-state index in [1.54, 1.807) is 13.8 Å². The Bertz CT molecular complexity index is 548. The smallest absolute Gasteiger partial charge is 0.309 e. The van der Waals surface area contributed by atoms with Gasteiger partial charge in [-0.2, -0.15) is 0 Å². The van der Waals surface area contributed by atoms with Gasteiger partial charge in [0, 0.05) is 12.1 Å². The van der Waals surface area contributed by atoms with E-state index in [1.807, 2.05) is 0 Å². The molecule has 21 heavy (non-hydrogen) atoms. The molecule has 0 atom stereocenters. The third-order valence-electron chi connectivity index (χ3n) is 2.52. The van der Waals surface area contributed by atoms with Gasteiger partial charge in [-0.05, 0) is 19.9 Å². The second-order valence-corrected chi connectivity index (χ2v) is 5.95. The Morgan fingerprint density at radius 3 is 1.81 bits per heavy atom. The van der Waals surface area contributed by atoms with Crippen LogP contribution in [0.15, 0.2) is 18.2 Å². The Hall–Kier alpha value is -1.83. The van der Waals surface area contributed by atoms with Crippen LogP contribution in [0.25, 0.3) is 0 Å². The molecule has 116 valence electrons. The van der Waals surface area contributed by atoms with Gasteiger partial charge in [0.25, 0.3) is 11.4 Å². The Balaban J connectivity index is 3.35. The number of nitro benzene ring substituents is 2. The first-order valence-electron chi connectivity index (χ1n) is 6.13. The summed E-state index contributed by atoms with van der Waals surface area (Å²) in [6, 6.07) is 3.43. The first-order chi connectivity index (χ1) is 9.84. The lowest BCUT2D eigenvalue weighted by Crippen LogP contribution is -2.05. The average Bonchev–Trinajstić information content (AvgIpc) is 2.38. The van der Waals surface area contributed by atoms with E-state index in [-0.39, 0.29) is 18.8 Å². The van der Waals surface area contributed by atoms with Crippen molar-refractivity contribution in [3.8, 4) is 0 Å². The summed E-state index contributed by atoms with van der Waals surface area (Å²) in [6.45, 7) is 3.29. The maximum absolute atomic E-state index is 12.4. The molecule has 0 aliphatic rings. The van der Waals surface area contributed by atoms with Gasteiger partial charge < -0.3 is 9.05 Å². The molecule has 0 unspecified atom stereocenters. The van der Waals surface area contributed by atoms with Gasteiger partial charge in [-0.1, -0.05) is 0 Å². The zero-order valence-corrected chi connectivity index (χ0v) is 12.4. The van der Waals surface area contributed by atoms with E-state index >= 15 is 0 Å². The van der Waals surface area contributed by atoms with Gasteiger partial charge in [0.05, 0.1) is 29.2 Å². The molecule has 0 N–H and O–H groups in total. The average molecular weight is 318 g/mol. The SMILES string of the molecule is CCOP(=O)(Cc1c([N+](=O)[O-])cccc1[N+](=O)[O-])OCC. The summed E-state index contributed by atoms with van der Waals surface area (Å²) in [5, 5.41) is 22.0. The zero-order valence-electron chi connectivity index (χ0n) is 11.6. The van der Waals surface area contributed by atoms with Crippen LogP contribution in [0.3, 0.4) is 0 Å². The molecule has 1 aromatic rings. The Labute approximate surface area is 120 Å². The third-order valence-corrected chi connectivity index (χ3v) is 4.53. The quantitative estimate of drug-likeness (QED) is 0.409. The zero-order chi connectivity index (χ0) is 16.0. The van der Waals surface area contributed by atoms with Crippen LogP contribution in [0.2, 0.25) is 0 Å². The van der Waals surface area contributed by atoms with Crippen molar-refractivity contribution in [2.75, 3.05) is 13.2 Å². The van der Waals surface area contributed by atoms with Gasteiger partial charge in [-0.15, -0.1) is 0 Å². The van der Waals surface area contributed by atoms with Crippen LogP contribution in [0.4, 0.5) is 11.4 Å². The fourth-order valence-electron chi connectivity index (χ4n) is 1.78. The Kier molecular flexibility index (Phi) is 5.95. The largest absolute Gasteiger partial charge is 0.335 e. The molecular formula is C11H15N2O7P. The van der Waals surface area contributed by atoms with Crippen molar-refractivity contribution in [2.45, 2.75) is 20.0 Å². The fourth-order valence-corrected chi connectivity index (χ4v) is 3.54. The highest BCUT2D eigenvalue weighted by Gasteiger charge is 2.34. The minimum absolute atomic E-state index is 0.0612. The summed E-state index contributed by atoms with van der Waals surface area (Å²) in [5.74, 6) is 0. The summed E-state index contributed by atoms with van der Waals surface area (Å²) in [6.07, 6.45) is -0.526. The minimum atomic E-state index is -3.68. The van der Waals surface area contributed by atoms with Gasteiger partial charge >= 0.3 is 7.60 Å². The molecule has 0 aliphatic carbocycles. The lowest BCUT2D eigenvalue weighted by atomic mass is 10.1. The number of rotatable bonds is 8.